The van der Waals surface area contributed by atoms with Crippen molar-refractivity contribution in [2.24, 2.45) is 4.99 Å². The Bertz CT molecular complexity index is 928. The molecule has 1 aromatic heterocycles. The molecule has 0 saturated carbocycles. The van der Waals surface area contributed by atoms with Crippen LogP contribution in [-0.4, -0.2) is 25.1 Å². The molecule has 3 rings (SSSR count). The highest BCUT2D eigenvalue weighted by atomic mass is 35.5. The molecule has 0 radical (unpaired) electrons. The van der Waals surface area contributed by atoms with E-state index in [4.69, 9.17) is 30.2 Å². The number of esters is 1. The lowest BCUT2D eigenvalue weighted by molar-refractivity contribution is -0.130. The maximum atomic E-state index is 12.1. The van der Waals surface area contributed by atoms with Crippen LogP contribution < -0.4 is 9.47 Å². The van der Waals surface area contributed by atoms with Gasteiger partial charge in [0.05, 0.1) is 17.9 Å². The summed E-state index contributed by atoms with van der Waals surface area (Å²) in [5.74, 6) is 0.826. The smallest absolute Gasteiger partial charge is 0.363 e. The third-order valence-electron chi connectivity index (χ3n) is 3.45. The summed E-state index contributed by atoms with van der Waals surface area (Å²) < 4.78 is 21.6. The van der Waals surface area contributed by atoms with Gasteiger partial charge in [-0.1, -0.05) is 18.2 Å². The van der Waals surface area contributed by atoms with Gasteiger partial charge in [0, 0.05) is 0 Å². The van der Waals surface area contributed by atoms with Crippen molar-refractivity contribution in [1.82, 2.24) is 0 Å². The van der Waals surface area contributed by atoms with E-state index in [-0.39, 0.29) is 11.6 Å². The number of ether oxygens (including phenoxy) is 3. The van der Waals surface area contributed by atoms with Gasteiger partial charge in [0.15, 0.2) is 23.0 Å². The number of halogens is 1. The van der Waals surface area contributed by atoms with E-state index in [0.29, 0.717) is 41.1 Å². The van der Waals surface area contributed by atoms with E-state index in [9.17, 15) is 4.79 Å². The molecule has 0 spiro atoms. The van der Waals surface area contributed by atoms with Crippen molar-refractivity contribution in [3.8, 4) is 11.5 Å². The number of rotatable bonds is 7. The Hall–Kier alpha value is -2.99. The first-order chi connectivity index (χ1) is 13.0. The average molecular weight is 388 g/mol. The predicted octanol–water partition coefficient (Wildman–Crippen LogP) is 4.63. The first-order valence-corrected chi connectivity index (χ1v) is 8.65. The highest BCUT2D eigenvalue weighted by Crippen LogP contribution is 2.37. The highest BCUT2D eigenvalue weighted by Gasteiger charge is 2.26. The molecule has 0 aliphatic carbocycles. The number of benzene rings is 1. The van der Waals surface area contributed by atoms with Crippen LogP contribution in [0, 0.1) is 0 Å². The number of aliphatic imine (C=N–C) groups is 1. The van der Waals surface area contributed by atoms with Gasteiger partial charge < -0.3 is 18.6 Å². The molecule has 1 aliphatic rings. The molecule has 0 unspecified atom stereocenters. The molecule has 6 nitrogen and oxygen atoms in total. The monoisotopic (exact) mass is 387 g/mol. The first-order valence-electron chi connectivity index (χ1n) is 8.28. The third-order valence-corrected chi connectivity index (χ3v) is 3.73. The summed E-state index contributed by atoms with van der Waals surface area (Å²) in [5, 5.41) is 0.357. The van der Waals surface area contributed by atoms with E-state index in [2.05, 4.69) is 11.6 Å². The molecule has 27 heavy (non-hydrogen) atoms. The predicted molar refractivity (Wildman–Crippen MR) is 102 cm³/mol. The molecular weight excluding hydrogens is 370 g/mol. The molecule has 0 atom stereocenters. The van der Waals surface area contributed by atoms with Crippen LogP contribution in [0.5, 0.6) is 11.5 Å². The maximum absolute atomic E-state index is 12.1. The van der Waals surface area contributed by atoms with Gasteiger partial charge in [-0.05, 0) is 55.3 Å². The molecule has 140 valence electrons. The third kappa shape index (κ3) is 4.41. The molecule has 2 aromatic rings. The molecule has 2 heterocycles. The van der Waals surface area contributed by atoms with Gasteiger partial charge in [-0.25, -0.2) is 9.79 Å². The summed E-state index contributed by atoms with van der Waals surface area (Å²) in [7, 11) is 0. The number of hydrogen-bond acceptors (Lipinski definition) is 6. The number of nitrogens with zero attached hydrogens (tertiary/aromatic N) is 1. The molecule has 1 aliphatic heterocycles. The van der Waals surface area contributed by atoms with E-state index in [1.165, 1.54) is 6.26 Å². The number of carbonyl (C=O) groups is 1. The van der Waals surface area contributed by atoms with Gasteiger partial charge in [0.1, 0.15) is 6.61 Å². The van der Waals surface area contributed by atoms with Crippen LogP contribution in [0.4, 0.5) is 0 Å². The number of furan rings is 1. The van der Waals surface area contributed by atoms with Gasteiger partial charge in [-0.3, -0.25) is 0 Å². The van der Waals surface area contributed by atoms with Crippen LogP contribution in [-0.2, 0) is 9.53 Å². The summed E-state index contributed by atoms with van der Waals surface area (Å²) in [6.45, 7) is 8.27. The summed E-state index contributed by atoms with van der Waals surface area (Å²) in [6, 6.07) is 6.74. The number of cyclic esters (lactones) is 1. The molecule has 0 fully saturated rings. The number of carbonyl (C=O) groups excluding carboxylic acids is 1. The zero-order valence-corrected chi connectivity index (χ0v) is 15.7. The molecular formula is C20H18ClNO5. The first kappa shape index (κ1) is 18.8. The molecule has 0 N–H and O–H groups in total. The van der Waals surface area contributed by atoms with Crippen molar-refractivity contribution in [1.29, 1.82) is 0 Å². The van der Waals surface area contributed by atoms with Crippen LogP contribution in [0.25, 0.3) is 6.08 Å². The number of hydrogen-bond donors (Lipinski definition) is 0. The summed E-state index contributed by atoms with van der Waals surface area (Å²) in [5.41, 5.74) is 1.62. The molecule has 0 saturated heterocycles. The minimum Gasteiger partial charge on any atom is -0.490 e. The topological polar surface area (TPSA) is 70.3 Å². The summed E-state index contributed by atoms with van der Waals surface area (Å²) >= 11 is 6.35. The largest absolute Gasteiger partial charge is 0.490 e. The van der Waals surface area contributed by atoms with Gasteiger partial charge in [0.2, 0.25) is 0 Å². The van der Waals surface area contributed by atoms with E-state index in [1.807, 2.05) is 13.8 Å². The van der Waals surface area contributed by atoms with Crippen molar-refractivity contribution in [2.75, 3.05) is 13.2 Å². The zero-order valence-electron chi connectivity index (χ0n) is 15.0. The van der Waals surface area contributed by atoms with Crippen LogP contribution in [0.1, 0.15) is 25.2 Å². The average Bonchev–Trinajstić information content (AvgIpc) is 3.25. The second-order valence-corrected chi connectivity index (χ2v) is 6.23. The standard InChI is InChI=1S/C20H18ClNO5/c1-4-24-17-10-13(8-14(21)18(17)26-11-12(2)3)9-15-20(23)27-19(22-15)16-6-5-7-25-16/h5-10H,2,4,11H2,1,3H3/b15-9-. The van der Waals surface area contributed by atoms with Crippen molar-refractivity contribution >= 4 is 29.5 Å². The summed E-state index contributed by atoms with van der Waals surface area (Å²) in [6.07, 6.45) is 3.04. The van der Waals surface area contributed by atoms with Gasteiger partial charge >= 0.3 is 5.97 Å². The van der Waals surface area contributed by atoms with Crippen molar-refractivity contribution in [3.63, 3.8) is 0 Å². The molecule has 0 amide bonds. The Morgan fingerprint density at radius 2 is 2.19 bits per heavy atom. The van der Waals surface area contributed by atoms with E-state index in [0.717, 1.165) is 5.57 Å². The minimum atomic E-state index is -0.571. The lowest BCUT2D eigenvalue weighted by Gasteiger charge is -2.14. The van der Waals surface area contributed by atoms with Gasteiger partial charge in [-0.2, -0.15) is 0 Å². The van der Waals surface area contributed by atoms with Crippen LogP contribution in [0.2, 0.25) is 5.02 Å². The second-order valence-electron chi connectivity index (χ2n) is 5.82. The van der Waals surface area contributed by atoms with Gasteiger partial charge in [-0.15, -0.1) is 0 Å². The molecule has 7 heteroatoms. The van der Waals surface area contributed by atoms with E-state index in [1.54, 1.807) is 30.3 Å². The van der Waals surface area contributed by atoms with E-state index >= 15 is 0 Å². The molecule has 0 bridgehead atoms. The van der Waals surface area contributed by atoms with Crippen LogP contribution >= 0.6 is 11.6 Å². The SMILES string of the molecule is C=C(C)COc1c(Cl)cc(/C=C2\N=C(c3ccco3)OC2=O)cc1OCC. The van der Waals surface area contributed by atoms with Crippen molar-refractivity contribution < 1.29 is 23.4 Å². The Morgan fingerprint density at radius 1 is 1.37 bits per heavy atom. The van der Waals surface area contributed by atoms with Crippen molar-refractivity contribution in [2.45, 2.75) is 13.8 Å². The Balaban J connectivity index is 1.93. The Labute approximate surface area is 161 Å². The summed E-state index contributed by atoms with van der Waals surface area (Å²) in [4.78, 5) is 16.3. The van der Waals surface area contributed by atoms with E-state index < -0.39 is 5.97 Å². The highest BCUT2D eigenvalue weighted by molar-refractivity contribution is 6.32. The van der Waals surface area contributed by atoms with Crippen LogP contribution in [0.15, 0.2) is 57.8 Å². The quantitative estimate of drug-likeness (QED) is 0.393. The fourth-order valence-electron chi connectivity index (χ4n) is 2.34. The normalized spacial score (nSPS) is 14.9. The maximum Gasteiger partial charge on any atom is 0.363 e. The Kier molecular flexibility index (Phi) is 5.66. The fraction of sp³-hybridized carbons (Fsp3) is 0.200. The Morgan fingerprint density at radius 3 is 2.85 bits per heavy atom. The molecule has 1 aromatic carbocycles. The van der Waals surface area contributed by atoms with Gasteiger partial charge in [0.25, 0.3) is 5.90 Å². The minimum absolute atomic E-state index is 0.119. The van der Waals surface area contributed by atoms with Crippen LogP contribution in [0.3, 0.4) is 0 Å². The lowest BCUT2D eigenvalue weighted by atomic mass is 10.1. The zero-order chi connectivity index (χ0) is 19.4. The van der Waals surface area contributed by atoms with Crippen molar-refractivity contribution in [3.05, 3.63) is 64.7 Å². The lowest BCUT2D eigenvalue weighted by Crippen LogP contribution is -2.04. The second kappa shape index (κ2) is 8.14. The fourth-order valence-corrected chi connectivity index (χ4v) is 2.62.